The fourth-order valence-corrected chi connectivity index (χ4v) is 3.63. The van der Waals surface area contributed by atoms with Crippen LogP contribution in [0.2, 0.25) is 0 Å². The van der Waals surface area contributed by atoms with Crippen LogP contribution in [0.5, 0.6) is 0 Å². The van der Waals surface area contributed by atoms with E-state index in [0.717, 1.165) is 27.8 Å². The molecule has 1 N–H and O–H groups in total. The molecule has 0 radical (unpaired) electrons. The van der Waals surface area contributed by atoms with Gasteiger partial charge in [0.15, 0.2) is 0 Å². The Labute approximate surface area is 169 Å². The third-order valence-corrected chi connectivity index (χ3v) is 5.23. The molecule has 0 aliphatic carbocycles. The fourth-order valence-electron chi connectivity index (χ4n) is 3.63. The molecule has 0 saturated heterocycles. The number of carbonyl (C=O) groups excluding carboxylic acids is 1. The SMILES string of the molecule is CC(CCC(=O)NCc1ccccc1-c1ccco1)n1ccc2cc(F)ccc21. The summed E-state index contributed by atoms with van der Waals surface area (Å²) in [7, 11) is 0. The molecule has 1 unspecified atom stereocenters. The molecule has 2 aromatic carbocycles. The molecule has 0 aliphatic heterocycles. The zero-order valence-electron chi connectivity index (χ0n) is 16.3. The monoisotopic (exact) mass is 390 g/mol. The zero-order valence-corrected chi connectivity index (χ0v) is 16.3. The van der Waals surface area contributed by atoms with E-state index < -0.39 is 0 Å². The third kappa shape index (κ3) is 4.24. The molecule has 148 valence electrons. The molecule has 2 aromatic heterocycles. The number of hydrogen-bond acceptors (Lipinski definition) is 2. The topological polar surface area (TPSA) is 47.2 Å². The Morgan fingerprint density at radius 3 is 2.83 bits per heavy atom. The van der Waals surface area contributed by atoms with Crippen LogP contribution in [-0.2, 0) is 11.3 Å². The van der Waals surface area contributed by atoms with E-state index in [9.17, 15) is 9.18 Å². The van der Waals surface area contributed by atoms with Gasteiger partial charge in [-0.1, -0.05) is 24.3 Å². The summed E-state index contributed by atoms with van der Waals surface area (Å²) in [5.41, 5.74) is 2.98. The number of amides is 1. The van der Waals surface area contributed by atoms with Crippen molar-refractivity contribution in [3.63, 3.8) is 0 Å². The summed E-state index contributed by atoms with van der Waals surface area (Å²) >= 11 is 0. The number of furan rings is 1. The lowest BCUT2D eigenvalue weighted by atomic mass is 10.1. The van der Waals surface area contributed by atoms with E-state index in [2.05, 4.69) is 16.8 Å². The predicted molar refractivity (Wildman–Crippen MR) is 112 cm³/mol. The normalized spacial score (nSPS) is 12.2. The van der Waals surface area contributed by atoms with Gasteiger partial charge in [0.2, 0.25) is 5.91 Å². The van der Waals surface area contributed by atoms with Gasteiger partial charge in [-0.3, -0.25) is 4.79 Å². The maximum absolute atomic E-state index is 13.4. The molecule has 4 aromatic rings. The molecule has 5 heteroatoms. The minimum Gasteiger partial charge on any atom is -0.464 e. The summed E-state index contributed by atoms with van der Waals surface area (Å²) in [4.78, 5) is 12.4. The first-order valence-corrected chi connectivity index (χ1v) is 9.76. The fraction of sp³-hybridized carbons (Fsp3) is 0.208. The van der Waals surface area contributed by atoms with Crippen LogP contribution in [0.3, 0.4) is 0 Å². The maximum atomic E-state index is 13.4. The molecule has 0 saturated carbocycles. The molecule has 4 nitrogen and oxygen atoms in total. The number of hydrogen-bond donors (Lipinski definition) is 1. The Hall–Kier alpha value is -3.34. The second-order valence-electron chi connectivity index (χ2n) is 7.23. The van der Waals surface area contributed by atoms with Gasteiger partial charge in [0.05, 0.1) is 6.26 Å². The second kappa shape index (κ2) is 8.35. The van der Waals surface area contributed by atoms with Crippen molar-refractivity contribution in [3.05, 3.63) is 84.5 Å². The number of nitrogens with one attached hydrogen (secondary N) is 1. The lowest BCUT2D eigenvalue weighted by molar-refractivity contribution is -0.121. The van der Waals surface area contributed by atoms with Crippen LogP contribution in [0, 0.1) is 5.82 Å². The molecule has 0 bridgehead atoms. The van der Waals surface area contributed by atoms with Crippen molar-refractivity contribution in [2.24, 2.45) is 0 Å². The van der Waals surface area contributed by atoms with Gasteiger partial charge in [0.1, 0.15) is 11.6 Å². The van der Waals surface area contributed by atoms with E-state index in [0.29, 0.717) is 19.4 Å². The summed E-state index contributed by atoms with van der Waals surface area (Å²) in [6.45, 7) is 2.53. The highest BCUT2D eigenvalue weighted by atomic mass is 19.1. The molecule has 29 heavy (non-hydrogen) atoms. The van der Waals surface area contributed by atoms with E-state index >= 15 is 0 Å². The van der Waals surface area contributed by atoms with Crippen molar-refractivity contribution in [2.45, 2.75) is 32.4 Å². The van der Waals surface area contributed by atoms with Crippen molar-refractivity contribution in [3.8, 4) is 11.3 Å². The van der Waals surface area contributed by atoms with Crippen LogP contribution >= 0.6 is 0 Å². The van der Waals surface area contributed by atoms with E-state index in [1.807, 2.05) is 48.7 Å². The van der Waals surface area contributed by atoms with Crippen LogP contribution in [0.25, 0.3) is 22.2 Å². The molecule has 4 rings (SSSR count). The first-order chi connectivity index (χ1) is 14.1. The third-order valence-electron chi connectivity index (χ3n) is 5.23. The molecule has 1 atom stereocenters. The smallest absolute Gasteiger partial charge is 0.220 e. The predicted octanol–water partition coefficient (Wildman–Crippen LogP) is 5.70. The number of halogens is 1. The van der Waals surface area contributed by atoms with Crippen LogP contribution in [0.4, 0.5) is 4.39 Å². The van der Waals surface area contributed by atoms with E-state index in [1.54, 1.807) is 12.3 Å². The van der Waals surface area contributed by atoms with Crippen molar-refractivity contribution in [2.75, 3.05) is 0 Å². The largest absolute Gasteiger partial charge is 0.464 e. The Balaban J connectivity index is 1.35. The van der Waals surface area contributed by atoms with Gasteiger partial charge in [-0.05, 0) is 55.3 Å². The number of fused-ring (bicyclic) bond motifs is 1. The molecule has 2 heterocycles. The highest BCUT2D eigenvalue weighted by Gasteiger charge is 2.12. The molecular formula is C24H23FN2O2. The highest BCUT2D eigenvalue weighted by Crippen LogP contribution is 2.25. The van der Waals surface area contributed by atoms with Crippen LogP contribution in [-0.4, -0.2) is 10.5 Å². The number of nitrogens with zero attached hydrogens (tertiary/aromatic N) is 1. The van der Waals surface area contributed by atoms with Crippen molar-refractivity contribution in [1.29, 1.82) is 0 Å². The number of carbonyl (C=O) groups is 1. The Bertz CT molecular complexity index is 1120. The molecule has 0 aliphatic rings. The van der Waals surface area contributed by atoms with Gasteiger partial charge in [-0.25, -0.2) is 4.39 Å². The lowest BCUT2D eigenvalue weighted by Crippen LogP contribution is -2.23. The molecular weight excluding hydrogens is 367 g/mol. The summed E-state index contributed by atoms with van der Waals surface area (Å²) in [6.07, 6.45) is 4.72. The minimum absolute atomic E-state index is 0.00797. The van der Waals surface area contributed by atoms with Crippen LogP contribution in [0.15, 0.2) is 77.5 Å². The van der Waals surface area contributed by atoms with Crippen LogP contribution in [0.1, 0.15) is 31.4 Å². The average molecular weight is 390 g/mol. The highest BCUT2D eigenvalue weighted by molar-refractivity contribution is 5.80. The molecule has 0 spiro atoms. The first kappa shape index (κ1) is 19.0. The number of aromatic nitrogens is 1. The Morgan fingerprint density at radius 2 is 2.00 bits per heavy atom. The zero-order chi connectivity index (χ0) is 20.2. The van der Waals surface area contributed by atoms with Crippen molar-refractivity contribution < 1.29 is 13.6 Å². The van der Waals surface area contributed by atoms with Gasteiger partial charge in [-0.2, -0.15) is 0 Å². The summed E-state index contributed by atoms with van der Waals surface area (Å²) in [5, 5.41) is 3.88. The molecule has 1 amide bonds. The summed E-state index contributed by atoms with van der Waals surface area (Å²) in [6, 6.07) is 18.5. The Morgan fingerprint density at radius 1 is 1.14 bits per heavy atom. The van der Waals surface area contributed by atoms with Gasteiger partial charge < -0.3 is 14.3 Å². The van der Waals surface area contributed by atoms with Gasteiger partial charge in [-0.15, -0.1) is 0 Å². The van der Waals surface area contributed by atoms with Crippen molar-refractivity contribution in [1.82, 2.24) is 9.88 Å². The Kier molecular flexibility index (Phi) is 5.47. The lowest BCUT2D eigenvalue weighted by Gasteiger charge is -2.15. The maximum Gasteiger partial charge on any atom is 0.220 e. The minimum atomic E-state index is -0.239. The number of benzene rings is 2. The first-order valence-electron chi connectivity index (χ1n) is 9.76. The van der Waals surface area contributed by atoms with Gasteiger partial charge >= 0.3 is 0 Å². The standard InChI is InChI=1S/C24H23FN2O2/c1-17(27-13-12-18-15-20(25)9-10-22(18)27)8-11-24(28)26-16-19-5-2-3-6-21(19)23-7-4-14-29-23/h2-7,9-10,12-15,17H,8,11,16H2,1H3,(H,26,28). The summed E-state index contributed by atoms with van der Waals surface area (Å²) in [5.74, 6) is 0.560. The van der Waals surface area contributed by atoms with E-state index in [1.165, 1.54) is 12.1 Å². The number of rotatable bonds is 7. The van der Waals surface area contributed by atoms with Crippen molar-refractivity contribution >= 4 is 16.8 Å². The van der Waals surface area contributed by atoms with E-state index in [4.69, 9.17) is 4.42 Å². The molecule has 0 fully saturated rings. The van der Waals surface area contributed by atoms with Gasteiger partial charge in [0, 0.05) is 41.7 Å². The van der Waals surface area contributed by atoms with Gasteiger partial charge in [0.25, 0.3) is 0 Å². The average Bonchev–Trinajstić information content (AvgIpc) is 3.40. The quantitative estimate of drug-likeness (QED) is 0.440. The van der Waals surface area contributed by atoms with Crippen LogP contribution < -0.4 is 5.32 Å². The van der Waals surface area contributed by atoms with E-state index in [-0.39, 0.29) is 17.8 Å². The second-order valence-corrected chi connectivity index (χ2v) is 7.23. The summed E-state index contributed by atoms with van der Waals surface area (Å²) < 4.78 is 21.0.